The number of benzene rings is 1. The summed E-state index contributed by atoms with van der Waals surface area (Å²) in [7, 11) is 0. The molecule has 6 nitrogen and oxygen atoms in total. The Morgan fingerprint density at radius 3 is 2.87 bits per heavy atom. The molecule has 0 atom stereocenters. The molecule has 0 spiro atoms. The van der Waals surface area contributed by atoms with Crippen molar-refractivity contribution in [3.05, 3.63) is 59.1 Å². The van der Waals surface area contributed by atoms with Crippen molar-refractivity contribution in [1.82, 2.24) is 19.5 Å². The lowest BCUT2D eigenvalue weighted by Crippen LogP contribution is -2.06. The second-order valence-electron chi connectivity index (χ2n) is 5.70. The van der Waals surface area contributed by atoms with Crippen LogP contribution in [0.1, 0.15) is 33.1 Å². The van der Waals surface area contributed by atoms with Crippen LogP contribution in [0.4, 0.5) is 0 Å². The average molecular weight is 306 g/mol. The number of rotatable bonds is 1. The molecule has 0 radical (unpaired) electrons. The molecule has 0 fully saturated rings. The molecular weight excluding hydrogens is 292 g/mol. The van der Waals surface area contributed by atoms with Crippen LogP contribution in [0.15, 0.2) is 30.7 Å². The molecule has 3 aromatic rings. The Bertz CT molecular complexity index is 959. The molecule has 1 aliphatic rings. The van der Waals surface area contributed by atoms with E-state index in [9.17, 15) is 9.90 Å². The molecule has 0 amide bonds. The van der Waals surface area contributed by atoms with Crippen molar-refractivity contribution >= 4 is 5.97 Å². The lowest BCUT2D eigenvalue weighted by Gasteiger charge is -2.11. The highest BCUT2D eigenvalue weighted by Gasteiger charge is 2.26. The van der Waals surface area contributed by atoms with Gasteiger partial charge in [-0.05, 0) is 26.0 Å². The van der Waals surface area contributed by atoms with E-state index in [1.165, 1.54) is 0 Å². The van der Waals surface area contributed by atoms with Crippen LogP contribution in [0.3, 0.4) is 0 Å². The third kappa shape index (κ3) is 2.03. The number of aryl methyl sites for hydroxylation is 2. The van der Waals surface area contributed by atoms with Crippen molar-refractivity contribution in [2.45, 2.75) is 20.3 Å². The van der Waals surface area contributed by atoms with Crippen molar-refractivity contribution in [3.8, 4) is 16.9 Å². The lowest BCUT2D eigenvalue weighted by atomic mass is 10.0. The summed E-state index contributed by atoms with van der Waals surface area (Å²) in [6.07, 6.45) is 3.78. The third-order valence-electron chi connectivity index (χ3n) is 4.08. The first-order valence-corrected chi connectivity index (χ1v) is 7.28. The molecule has 2 aromatic heterocycles. The van der Waals surface area contributed by atoms with Gasteiger partial charge in [-0.2, -0.15) is 0 Å². The van der Waals surface area contributed by atoms with E-state index >= 15 is 0 Å². The van der Waals surface area contributed by atoms with Gasteiger partial charge in [-0.25, -0.2) is 19.7 Å². The molecule has 6 heteroatoms. The number of carboxylic acid groups (broad SMARTS) is 1. The van der Waals surface area contributed by atoms with Gasteiger partial charge in [0.2, 0.25) is 0 Å². The standard InChI is InChI=1S/C17H14N4O2/c1-9-3-4-13-12(5-9)15-11(7-18-10(2)20-15)6-14-16(17(22)23)19-8-21(13)14/h3-5,7-8H,6H2,1-2H3,(H,22,23). The maximum absolute atomic E-state index is 11.5. The van der Waals surface area contributed by atoms with Gasteiger partial charge in [0.25, 0.3) is 0 Å². The van der Waals surface area contributed by atoms with E-state index in [1.54, 1.807) is 12.5 Å². The molecule has 0 aliphatic carbocycles. The zero-order valence-corrected chi connectivity index (χ0v) is 12.7. The molecular formula is C17H14N4O2. The van der Waals surface area contributed by atoms with Crippen LogP contribution in [0.2, 0.25) is 0 Å². The van der Waals surface area contributed by atoms with Crippen LogP contribution >= 0.6 is 0 Å². The SMILES string of the molecule is Cc1ccc2c(c1)-c1nc(C)ncc1Cc1c(C(=O)O)ncn1-2. The largest absolute Gasteiger partial charge is 0.476 e. The number of nitrogens with zero attached hydrogens (tertiary/aromatic N) is 4. The van der Waals surface area contributed by atoms with Gasteiger partial charge < -0.3 is 9.67 Å². The van der Waals surface area contributed by atoms with Crippen molar-refractivity contribution in [1.29, 1.82) is 0 Å². The van der Waals surface area contributed by atoms with Crippen molar-refractivity contribution < 1.29 is 9.90 Å². The highest BCUT2D eigenvalue weighted by Crippen LogP contribution is 2.35. The van der Waals surface area contributed by atoms with Gasteiger partial charge in [0.15, 0.2) is 5.69 Å². The zero-order valence-electron chi connectivity index (χ0n) is 12.7. The number of aromatic carboxylic acids is 1. The van der Waals surface area contributed by atoms with Crippen LogP contribution in [0.5, 0.6) is 0 Å². The van der Waals surface area contributed by atoms with Crippen LogP contribution in [-0.4, -0.2) is 30.6 Å². The van der Waals surface area contributed by atoms with Gasteiger partial charge in [-0.1, -0.05) is 11.6 Å². The zero-order chi connectivity index (χ0) is 16.1. The molecule has 4 rings (SSSR count). The Kier molecular flexibility index (Phi) is 2.81. The molecule has 1 aliphatic heterocycles. The fraction of sp³-hybridized carbons (Fsp3) is 0.176. The summed E-state index contributed by atoms with van der Waals surface area (Å²) < 4.78 is 1.84. The summed E-state index contributed by atoms with van der Waals surface area (Å²) in [6, 6.07) is 6.05. The van der Waals surface area contributed by atoms with Crippen LogP contribution in [-0.2, 0) is 6.42 Å². The number of aromatic nitrogens is 4. The lowest BCUT2D eigenvalue weighted by molar-refractivity contribution is 0.0690. The number of hydrogen-bond acceptors (Lipinski definition) is 4. The first kappa shape index (κ1) is 13.6. The van der Waals surface area contributed by atoms with Crippen LogP contribution in [0, 0.1) is 13.8 Å². The van der Waals surface area contributed by atoms with Gasteiger partial charge in [-0.3, -0.25) is 0 Å². The van der Waals surface area contributed by atoms with E-state index < -0.39 is 5.97 Å². The van der Waals surface area contributed by atoms with E-state index in [0.29, 0.717) is 17.9 Å². The fourth-order valence-electron chi connectivity index (χ4n) is 3.02. The Morgan fingerprint density at radius 2 is 2.09 bits per heavy atom. The highest BCUT2D eigenvalue weighted by molar-refractivity contribution is 5.88. The summed E-state index contributed by atoms with van der Waals surface area (Å²) >= 11 is 0. The first-order chi connectivity index (χ1) is 11.0. The number of hydrogen-bond donors (Lipinski definition) is 1. The quantitative estimate of drug-likeness (QED) is 0.584. The molecule has 0 saturated carbocycles. The molecule has 0 bridgehead atoms. The minimum Gasteiger partial charge on any atom is -0.476 e. The minimum absolute atomic E-state index is 0.0740. The number of carboxylic acids is 1. The molecule has 1 N–H and O–H groups in total. The van der Waals surface area contributed by atoms with Crippen molar-refractivity contribution in [3.63, 3.8) is 0 Å². The van der Waals surface area contributed by atoms with Crippen LogP contribution < -0.4 is 0 Å². The first-order valence-electron chi connectivity index (χ1n) is 7.28. The Labute approximate surface area is 132 Å². The monoisotopic (exact) mass is 306 g/mol. The van der Waals surface area contributed by atoms with Gasteiger partial charge >= 0.3 is 5.97 Å². The molecule has 0 saturated heterocycles. The van der Waals surface area contributed by atoms with Crippen LogP contribution in [0.25, 0.3) is 16.9 Å². The predicted molar refractivity (Wildman–Crippen MR) is 83.8 cm³/mol. The maximum atomic E-state index is 11.5. The summed E-state index contributed by atoms with van der Waals surface area (Å²) in [4.78, 5) is 24.4. The summed E-state index contributed by atoms with van der Waals surface area (Å²) in [5.41, 5.74) is 5.47. The smallest absolute Gasteiger partial charge is 0.356 e. The van der Waals surface area contributed by atoms with E-state index in [0.717, 1.165) is 28.1 Å². The second-order valence-corrected chi connectivity index (χ2v) is 5.70. The van der Waals surface area contributed by atoms with Gasteiger partial charge in [-0.15, -0.1) is 0 Å². The number of carbonyl (C=O) groups is 1. The van der Waals surface area contributed by atoms with Gasteiger partial charge in [0, 0.05) is 23.7 Å². The normalized spacial score (nSPS) is 12.1. The van der Waals surface area contributed by atoms with Crippen molar-refractivity contribution in [2.24, 2.45) is 0 Å². The minimum atomic E-state index is -1.02. The Balaban J connectivity index is 2.10. The highest BCUT2D eigenvalue weighted by atomic mass is 16.4. The number of imidazole rings is 1. The van der Waals surface area contributed by atoms with Crippen molar-refractivity contribution in [2.75, 3.05) is 0 Å². The summed E-state index contributed by atoms with van der Waals surface area (Å²) in [5, 5.41) is 9.40. The Morgan fingerprint density at radius 1 is 1.26 bits per heavy atom. The summed E-state index contributed by atoms with van der Waals surface area (Å²) in [6.45, 7) is 3.88. The molecule has 114 valence electrons. The van der Waals surface area contributed by atoms with E-state index in [4.69, 9.17) is 0 Å². The van der Waals surface area contributed by atoms with E-state index in [2.05, 4.69) is 21.0 Å². The third-order valence-corrected chi connectivity index (χ3v) is 4.08. The number of fused-ring (bicyclic) bond motifs is 5. The van der Waals surface area contributed by atoms with Gasteiger partial charge in [0.05, 0.1) is 17.1 Å². The van der Waals surface area contributed by atoms with E-state index in [-0.39, 0.29) is 5.69 Å². The molecule has 0 unspecified atom stereocenters. The second kappa shape index (κ2) is 4.74. The van der Waals surface area contributed by atoms with Gasteiger partial charge in [0.1, 0.15) is 12.2 Å². The fourth-order valence-corrected chi connectivity index (χ4v) is 3.02. The van der Waals surface area contributed by atoms with E-state index in [1.807, 2.05) is 30.5 Å². The average Bonchev–Trinajstić information content (AvgIpc) is 2.87. The topological polar surface area (TPSA) is 80.9 Å². The predicted octanol–water partition coefficient (Wildman–Crippen LogP) is 2.55. The Hall–Kier alpha value is -3.02. The summed E-state index contributed by atoms with van der Waals surface area (Å²) in [5.74, 6) is -0.330. The molecule has 3 heterocycles. The maximum Gasteiger partial charge on any atom is 0.356 e. The molecule has 23 heavy (non-hydrogen) atoms. The molecule has 1 aromatic carbocycles.